The number of aromatic amines is 1. The summed E-state index contributed by atoms with van der Waals surface area (Å²) in [5.41, 5.74) is 1.86. The first-order chi connectivity index (χ1) is 13.7. The lowest BCUT2D eigenvalue weighted by Crippen LogP contribution is -2.36. The normalized spacial score (nSPS) is 13.3. The second kappa shape index (κ2) is 8.69. The molecule has 2 aromatic carbocycles. The van der Waals surface area contributed by atoms with Gasteiger partial charge in [0, 0.05) is 27.2 Å². The van der Waals surface area contributed by atoms with E-state index < -0.39 is 17.7 Å². The highest BCUT2D eigenvalue weighted by atomic mass is 79.9. The van der Waals surface area contributed by atoms with Crippen LogP contribution < -0.4 is 5.32 Å². The number of nitrogens with zero attached hydrogens (tertiary/aromatic N) is 1. The standard InChI is InChI=1S/C22H24BrN3O3/c1-22(2,3)29-21(27)25-13-19(26(28)14-15-8-5-4-6-9-15)17-12-24-20-16(17)10-7-11-18(20)23/h4-12,14,19,24H,13H2,1-3H3,(H,25,27)/b26-14-. The first-order valence-electron chi connectivity index (χ1n) is 9.32. The van der Waals surface area contributed by atoms with Gasteiger partial charge in [0.2, 0.25) is 6.04 Å². The number of benzene rings is 2. The molecule has 0 bridgehead atoms. The molecule has 1 atom stereocenters. The third kappa shape index (κ3) is 5.38. The van der Waals surface area contributed by atoms with Gasteiger partial charge in [0.1, 0.15) is 5.60 Å². The quantitative estimate of drug-likeness (QED) is 0.241. The summed E-state index contributed by atoms with van der Waals surface area (Å²) in [5.74, 6) is 0. The Kier molecular flexibility index (Phi) is 6.27. The van der Waals surface area contributed by atoms with E-state index >= 15 is 0 Å². The van der Waals surface area contributed by atoms with E-state index in [1.807, 2.05) is 48.5 Å². The highest BCUT2D eigenvalue weighted by Gasteiger charge is 2.25. The number of carbonyl (C=O) groups excluding carboxylic acids is 1. The largest absolute Gasteiger partial charge is 0.623 e. The van der Waals surface area contributed by atoms with Crippen LogP contribution in [0, 0.1) is 5.21 Å². The van der Waals surface area contributed by atoms with E-state index in [4.69, 9.17) is 4.74 Å². The predicted molar refractivity (Wildman–Crippen MR) is 118 cm³/mol. The third-order valence-corrected chi connectivity index (χ3v) is 4.94. The molecule has 0 aliphatic carbocycles. The first kappa shape index (κ1) is 20.9. The Bertz CT molecular complexity index is 1020. The predicted octanol–water partition coefficient (Wildman–Crippen LogP) is 5.13. The summed E-state index contributed by atoms with van der Waals surface area (Å²) < 4.78 is 7.09. The molecule has 0 saturated heterocycles. The number of hydrogen-bond donors (Lipinski definition) is 2. The molecule has 1 amide bonds. The zero-order valence-electron chi connectivity index (χ0n) is 16.6. The van der Waals surface area contributed by atoms with Crippen LogP contribution in [0.1, 0.15) is 37.9 Å². The van der Waals surface area contributed by atoms with Crippen molar-refractivity contribution in [2.24, 2.45) is 0 Å². The molecule has 1 aromatic heterocycles. The van der Waals surface area contributed by atoms with Gasteiger partial charge in [0.15, 0.2) is 6.21 Å². The summed E-state index contributed by atoms with van der Waals surface area (Å²) in [5, 5.41) is 16.7. The number of para-hydroxylation sites is 1. The minimum Gasteiger partial charge on any atom is -0.623 e. The van der Waals surface area contributed by atoms with Crippen molar-refractivity contribution in [3.05, 3.63) is 75.5 Å². The summed E-state index contributed by atoms with van der Waals surface area (Å²) in [7, 11) is 0. The zero-order chi connectivity index (χ0) is 21.0. The van der Waals surface area contributed by atoms with Gasteiger partial charge in [0.25, 0.3) is 0 Å². The molecule has 6 nitrogen and oxygen atoms in total. The van der Waals surface area contributed by atoms with E-state index in [0.29, 0.717) is 0 Å². The lowest BCUT2D eigenvalue weighted by molar-refractivity contribution is -0.500. The van der Waals surface area contributed by atoms with Gasteiger partial charge in [-0.15, -0.1) is 0 Å². The number of fused-ring (bicyclic) bond motifs is 1. The number of nitrogens with one attached hydrogen (secondary N) is 2. The Morgan fingerprint density at radius 1 is 1.24 bits per heavy atom. The topological polar surface area (TPSA) is 80.2 Å². The average Bonchev–Trinajstić information content (AvgIpc) is 3.07. The lowest BCUT2D eigenvalue weighted by Gasteiger charge is -2.21. The van der Waals surface area contributed by atoms with Crippen molar-refractivity contribution in [1.29, 1.82) is 0 Å². The van der Waals surface area contributed by atoms with E-state index in [-0.39, 0.29) is 6.54 Å². The smallest absolute Gasteiger partial charge is 0.407 e. The molecule has 152 valence electrons. The van der Waals surface area contributed by atoms with Crippen molar-refractivity contribution in [2.75, 3.05) is 6.54 Å². The Morgan fingerprint density at radius 2 is 1.97 bits per heavy atom. The SMILES string of the molecule is CC(C)(C)OC(=O)NCC(c1c[nH]c2c(Br)cccc12)/[N+]([O-])=C/c1ccccc1. The second-order valence-corrected chi connectivity index (χ2v) is 8.56. The van der Waals surface area contributed by atoms with Crippen molar-refractivity contribution >= 4 is 39.1 Å². The third-order valence-electron chi connectivity index (χ3n) is 4.28. The lowest BCUT2D eigenvalue weighted by atomic mass is 10.1. The minimum atomic E-state index is -0.634. The van der Waals surface area contributed by atoms with Gasteiger partial charge in [0.05, 0.1) is 12.1 Å². The van der Waals surface area contributed by atoms with Crippen molar-refractivity contribution in [3.63, 3.8) is 0 Å². The van der Waals surface area contributed by atoms with Crippen LogP contribution in [-0.4, -0.2) is 34.2 Å². The van der Waals surface area contributed by atoms with Gasteiger partial charge in [-0.05, 0) is 54.9 Å². The molecule has 1 unspecified atom stereocenters. The van der Waals surface area contributed by atoms with Crippen LogP contribution in [0.3, 0.4) is 0 Å². The molecule has 0 fully saturated rings. The van der Waals surface area contributed by atoms with Crippen LogP contribution in [0.5, 0.6) is 0 Å². The van der Waals surface area contributed by atoms with Gasteiger partial charge in [-0.1, -0.05) is 30.3 Å². The summed E-state index contributed by atoms with van der Waals surface area (Å²) in [6, 6.07) is 14.5. The molecule has 3 aromatic rings. The fourth-order valence-electron chi connectivity index (χ4n) is 3.02. The Balaban J connectivity index is 1.94. The number of halogens is 1. The Labute approximate surface area is 178 Å². The van der Waals surface area contributed by atoms with Crippen LogP contribution in [0.15, 0.2) is 59.2 Å². The van der Waals surface area contributed by atoms with E-state index in [2.05, 4.69) is 26.2 Å². The van der Waals surface area contributed by atoms with Gasteiger partial charge < -0.3 is 20.2 Å². The van der Waals surface area contributed by atoms with Crippen LogP contribution >= 0.6 is 15.9 Å². The van der Waals surface area contributed by atoms with Gasteiger partial charge >= 0.3 is 6.09 Å². The number of H-pyrrole nitrogens is 1. The molecule has 0 aliphatic rings. The number of ether oxygens (including phenoxy) is 1. The number of hydrogen-bond acceptors (Lipinski definition) is 3. The molecule has 0 spiro atoms. The summed E-state index contributed by atoms with van der Waals surface area (Å²) in [4.78, 5) is 15.4. The van der Waals surface area contributed by atoms with Gasteiger partial charge in [-0.2, -0.15) is 0 Å². The van der Waals surface area contributed by atoms with Crippen molar-refractivity contribution in [1.82, 2.24) is 10.3 Å². The monoisotopic (exact) mass is 457 g/mol. The molecule has 0 saturated carbocycles. The fourth-order valence-corrected chi connectivity index (χ4v) is 3.50. The number of hydroxylamine groups is 1. The molecular weight excluding hydrogens is 434 g/mol. The molecule has 2 N–H and O–H groups in total. The highest BCUT2D eigenvalue weighted by molar-refractivity contribution is 9.10. The van der Waals surface area contributed by atoms with Crippen molar-refractivity contribution in [3.8, 4) is 0 Å². The number of carbonyl (C=O) groups is 1. The second-order valence-electron chi connectivity index (χ2n) is 7.70. The summed E-state index contributed by atoms with van der Waals surface area (Å²) in [6.45, 7) is 5.49. The molecule has 7 heteroatoms. The van der Waals surface area contributed by atoms with Crippen molar-refractivity contribution in [2.45, 2.75) is 32.4 Å². The minimum absolute atomic E-state index is 0.0984. The van der Waals surface area contributed by atoms with E-state index in [9.17, 15) is 10.0 Å². The molecule has 3 rings (SSSR count). The summed E-state index contributed by atoms with van der Waals surface area (Å²) >= 11 is 3.52. The van der Waals surface area contributed by atoms with Crippen LogP contribution in [0.2, 0.25) is 0 Å². The molecular formula is C22H24BrN3O3. The van der Waals surface area contributed by atoms with Crippen molar-refractivity contribution < 1.29 is 14.3 Å². The first-order valence-corrected chi connectivity index (χ1v) is 10.1. The Morgan fingerprint density at radius 3 is 2.66 bits per heavy atom. The number of amides is 1. The van der Waals surface area contributed by atoms with E-state index in [1.54, 1.807) is 27.0 Å². The maximum atomic E-state index is 13.1. The molecule has 29 heavy (non-hydrogen) atoms. The van der Waals surface area contributed by atoms with E-state index in [1.165, 1.54) is 6.21 Å². The zero-order valence-corrected chi connectivity index (χ0v) is 18.2. The average molecular weight is 458 g/mol. The Hall–Kier alpha value is -2.80. The van der Waals surface area contributed by atoms with Crippen LogP contribution in [0.25, 0.3) is 10.9 Å². The number of aromatic nitrogens is 1. The number of alkyl carbamates (subject to hydrolysis) is 1. The molecule has 0 radical (unpaired) electrons. The summed E-state index contributed by atoms with van der Waals surface area (Å²) in [6.07, 6.45) is 2.77. The van der Waals surface area contributed by atoms with Crippen LogP contribution in [0.4, 0.5) is 4.79 Å². The van der Waals surface area contributed by atoms with Gasteiger partial charge in [-0.3, -0.25) is 0 Å². The highest BCUT2D eigenvalue weighted by Crippen LogP contribution is 2.30. The van der Waals surface area contributed by atoms with Crippen LogP contribution in [-0.2, 0) is 4.74 Å². The van der Waals surface area contributed by atoms with Gasteiger partial charge in [-0.25, -0.2) is 9.53 Å². The molecule has 1 heterocycles. The maximum absolute atomic E-state index is 13.1. The number of rotatable bonds is 5. The maximum Gasteiger partial charge on any atom is 0.407 e. The molecule has 0 aliphatic heterocycles. The fraction of sp³-hybridized carbons (Fsp3) is 0.273. The van der Waals surface area contributed by atoms with E-state index in [0.717, 1.165) is 31.2 Å².